The fourth-order valence-corrected chi connectivity index (χ4v) is 2.12. The van der Waals surface area contributed by atoms with Gasteiger partial charge in [0.1, 0.15) is 0 Å². The number of alkyl halides is 3. The van der Waals surface area contributed by atoms with Crippen LogP contribution >= 0.6 is 11.6 Å². The lowest BCUT2D eigenvalue weighted by molar-refractivity contribution is -0.137. The molecule has 7 heteroatoms. The second kappa shape index (κ2) is 5.46. The lowest BCUT2D eigenvalue weighted by Crippen LogP contribution is -2.30. The van der Waals surface area contributed by atoms with Crippen molar-refractivity contribution in [3.63, 3.8) is 0 Å². The third-order valence-electron chi connectivity index (χ3n) is 2.92. The number of nitrogens with two attached hydrogens (primary N) is 1. The van der Waals surface area contributed by atoms with Gasteiger partial charge in [-0.15, -0.1) is 0 Å². The first-order valence-electron chi connectivity index (χ1n) is 5.91. The summed E-state index contributed by atoms with van der Waals surface area (Å²) in [6, 6.07) is 5.90. The van der Waals surface area contributed by atoms with Gasteiger partial charge in [-0.05, 0) is 24.6 Å². The van der Waals surface area contributed by atoms with E-state index < -0.39 is 23.8 Å². The zero-order valence-electron chi connectivity index (χ0n) is 10.6. The number of hydrogen-bond donors (Lipinski definition) is 1. The molecular formula is C13H13ClF3N3. The van der Waals surface area contributed by atoms with E-state index >= 15 is 0 Å². The van der Waals surface area contributed by atoms with Crippen molar-refractivity contribution < 1.29 is 13.2 Å². The van der Waals surface area contributed by atoms with Crippen LogP contribution in [0.4, 0.5) is 13.2 Å². The minimum atomic E-state index is -4.42. The van der Waals surface area contributed by atoms with E-state index in [0.29, 0.717) is 5.02 Å². The monoisotopic (exact) mass is 303 g/mol. The van der Waals surface area contributed by atoms with E-state index in [4.69, 9.17) is 17.3 Å². The summed E-state index contributed by atoms with van der Waals surface area (Å²) in [6.45, 7) is 1.72. The van der Waals surface area contributed by atoms with E-state index in [2.05, 4.69) is 5.10 Å². The summed E-state index contributed by atoms with van der Waals surface area (Å²) in [5.74, 6) is 0. The molecular weight excluding hydrogens is 291 g/mol. The average Bonchev–Trinajstić information content (AvgIpc) is 2.80. The lowest BCUT2D eigenvalue weighted by atomic mass is 10.0. The molecule has 2 N–H and O–H groups in total. The van der Waals surface area contributed by atoms with Gasteiger partial charge in [0.2, 0.25) is 0 Å². The van der Waals surface area contributed by atoms with Crippen LogP contribution in [-0.2, 0) is 6.18 Å². The highest BCUT2D eigenvalue weighted by Crippen LogP contribution is 2.30. The maximum atomic E-state index is 12.6. The SMILES string of the molecule is CC(N)C(c1ccc(Cl)cc1)n1cc(C(F)(F)F)cn1. The van der Waals surface area contributed by atoms with Crippen LogP contribution in [0.15, 0.2) is 36.7 Å². The molecule has 0 aliphatic carbocycles. The highest BCUT2D eigenvalue weighted by molar-refractivity contribution is 6.30. The highest BCUT2D eigenvalue weighted by Gasteiger charge is 2.33. The van der Waals surface area contributed by atoms with Crippen molar-refractivity contribution in [1.82, 2.24) is 9.78 Å². The molecule has 1 aromatic heterocycles. The summed E-state index contributed by atoms with van der Waals surface area (Å²) >= 11 is 5.80. The van der Waals surface area contributed by atoms with Crippen molar-refractivity contribution >= 4 is 11.6 Å². The molecule has 0 saturated carbocycles. The minimum Gasteiger partial charge on any atom is -0.326 e. The quantitative estimate of drug-likeness (QED) is 0.943. The smallest absolute Gasteiger partial charge is 0.326 e. The van der Waals surface area contributed by atoms with E-state index in [1.54, 1.807) is 31.2 Å². The summed E-state index contributed by atoms with van der Waals surface area (Å²) < 4.78 is 39.1. The lowest BCUT2D eigenvalue weighted by Gasteiger charge is -2.22. The molecule has 2 unspecified atom stereocenters. The highest BCUT2D eigenvalue weighted by atomic mass is 35.5. The van der Waals surface area contributed by atoms with Crippen LogP contribution in [-0.4, -0.2) is 15.8 Å². The molecule has 1 heterocycles. The maximum Gasteiger partial charge on any atom is 0.419 e. The van der Waals surface area contributed by atoms with Gasteiger partial charge < -0.3 is 5.73 Å². The third kappa shape index (κ3) is 3.13. The third-order valence-corrected chi connectivity index (χ3v) is 3.18. The Morgan fingerprint density at radius 2 is 1.85 bits per heavy atom. The normalized spacial score (nSPS) is 15.1. The van der Waals surface area contributed by atoms with Gasteiger partial charge in [0.25, 0.3) is 0 Å². The maximum absolute atomic E-state index is 12.6. The molecule has 0 bridgehead atoms. The molecule has 2 atom stereocenters. The number of rotatable bonds is 3. The molecule has 1 aromatic carbocycles. The van der Waals surface area contributed by atoms with Gasteiger partial charge in [-0.3, -0.25) is 4.68 Å². The van der Waals surface area contributed by atoms with Gasteiger partial charge in [0, 0.05) is 17.3 Å². The molecule has 2 aromatic rings. The van der Waals surface area contributed by atoms with Gasteiger partial charge in [-0.25, -0.2) is 0 Å². The zero-order chi connectivity index (χ0) is 14.9. The first kappa shape index (κ1) is 14.9. The Labute approximate surface area is 119 Å². The summed E-state index contributed by atoms with van der Waals surface area (Å²) in [5.41, 5.74) is 5.84. The Hall–Kier alpha value is -1.53. The molecule has 0 aliphatic heterocycles. The Morgan fingerprint density at radius 1 is 1.25 bits per heavy atom. The largest absolute Gasteiger partial charge is 0.419 e. The van der Waals surface area contributed by atoms with Crippen molar-refractivity contribution in [1.29, 1.82) is 0 Å². The first-order chi connectivity index (χ1) is 9.29. The topological polar surface area (TPSA) is 43.8 Å². The van der Waals surface area contributed by atoms with E-state index in [1.807, 2.05) is 0 Å². The predicted molar refractivity (Wildman–Crippen MR) is 70.5 cm³/mol. The molecule has 0 spiro atoms. The van der Waals surface area contributed by atoms with Gasteiger partial charge >= 0.3 is 6.18 Å². The zero-order valence-corrected chi connectivity index (χ0v) is 11.4. The van der Waals surface area contributed by atoms with E-state index in [9.17, 15) is 13.2 Å². The van der Waals surface area contributed by atoms with E-state index in [-0.39, 0.29) is 0 Å². The predicted octanol–water partition coefficient (Wildman–Crippen LogP) is 3.49. The van der Waals surface area contributed by atoms with Gasteiger partial charge in [0.05, 0.1) is 17.8 Å². The molecule has 2 rings (SSSR count). The summed E-state index contributed by atoms with van der Waals surface area (Å²) in [6.07, 6.45) is -2.66. The molecule has 20 heavy (non-hydrogen) atoms. The summed E-state index contributed by atoms with van der Waals surface area (Å²) in [7, 11) is 0. The number of nitrogens with zero attached hydrogens (tertiary/aromatic N) is 2. The van der Waals surface area contributed by atoms with Crippen LogP contribution < -0.4 is 5.73 Å². The second-order valence-corrected chi connectivity index (χ2v) is 5.00. The Bertz CT molecular complexity index is 575. The fraction of sp³-hybridized carbons (Fsp3) is 0.308. The number of hydrogen-bond acceptors (Lipinski definition) is 2. The second-order valence-electron chi connectivity index (χ2n) is 4.56. The standard InChI is InChI=1S/C13H13ClF3N3/c1-8(18)12(9-2-4-11(14)5-3-9)20-7-10(6-19-20)13(15,16)17/h2-8,12H,18H2,1H3. The van der Waals surface area contributed by atoms with Gasteiger partial charge in [-0.1, -0.05) is 23.7 Å². The number of benzene rings is 1. The van der Waals surface area contributed by atoms with Gasteiger partial charge in [0.15, 0.2) is 0 Å². The van der Waals surface area contributed by atoms with Crippen molar-refractivity contribution in [2.75, 3.05) is 0 Å². The van der Waals surface area contributed by atoms with Gasteiger partial charge in [-0.2, -0.15) is 18.3 Å². The van der Waals surface area contributed by atoms with Crippen molar-refractivity contribution in [3.05, 3.63) is 52.8 Å². The van der Waals surface area contributed by atoms with Crippen molar-refractivity contribution in [2.24, 2.45) is 5.73 Å². The van der Waals surface area contributed by atoms with E-state index in [0.717, 1.165) is 18.0 Å². The molecule has 3 nitrogen and oxygen atoms in total. The molecule has 108 valence electrons. The van der Waals surface area contributed by atoms with Crippen LogP contribution in [0.2, 0.25) is 5.02 Å². The number of aromatic nitrogens is 2. The molecule has 0 radical (unpaired) electrons. The molecule has 0 saturated heterocycles. The molecule has 0 amide bonds. The molecule has 0 fully saturated rings. The fourth-order valence-electron chi connectivity index (χ4n) is 1.99. The number of halogens is 4. The average molecular weight is 304 g/mol. The molecule has 0 aliphatic rings. The minimum absolute atomic E-state index is 0.405. The van der Waals surface area contributed by atoms with Crippen LogP contribution in [0.3, 0.4) is 0 Å². The van der Waals surface area contributed by atoms with Crippen LogP contribution in [0.1, 0.15) is 24.1 Å². The Kier molecular flexibility index (Phi) is 4.06. The van der Waals surface area contributed by atoms with Crippen molar-refractivity contribution in [3.8, 4) is 0 Å². The Morgan fingerprint density at radius 3 is 2.30 bits per heavy atom. The van der Waals surface area contributed by atoms with Crippen LogP contribution in [0.5, 0.6) is 0 Å². The van der Waals surface area contributed by atoms with Crippen LogP contribution in [0.25, 0.3) is 0 Å². The first-order valence-corrected chi connectivity index (χ1v) is 6.29. The van der Waals surface area contributed by atoms with E-state index in [1.165, 1.54) is 4.68 Å². The summed E-state index contributed by atoms with van der Waals surface area (Å²) in [4.78, 5) is 0. The summed E-state index contributed by atoms with van der Waals surface area (Å²) in [5, 5.41) is 4.34. The van der Waals surface area contributed by atoms with Crippen LogP contribution in [0, 0.1) is 0 Å². The Balaban J connectivity index is 2.39. The van der Waals surface area contributed by atoms with Crippen molar-refractivity contribution in [2.45, 2.75) is 25.2 Å².